The molecule has 0 heterocycles. The average molecular weight is 225 g/mol. The molecule has 0 bridgehead atoms. The topological polar surface area (TPSA) is 26.0 Å². The van der Waals surface area contributed by atoms with Crippen molar-refractivity contribution in [3.05, 3.63) is 29.8 Å². The Balaban J connectivity index is 2.28. The Morgan fingerprint density at radius 1 is 1.12 bits per heavy atom. The SMILES string of the molecule is Nc1ccccc1C(C(F)F)C1CCCC1. The maximum absolute atomic E-state index is 13.2. The highest BCUT2D eigenvalue weighted by Gasteiger charge is 2.34. The Labute approximate surface area is 94.7 Å². The number of para-hydroxylation sites is 1. The van der Waals surface area contributed by atoms with Crippen molar-refractivity contribution in [1.29, 1.82) is 0 Å². The molecule has 1 unspecified atom stereocenters. The minimum atomic E-state index is -2.31. The second kappa shape index (κ2) is 4.81. The zero-order chi connectivity index (χ0) is 11.5. The first-order valence-corrected chi connectivity index (χ1v) is 5.82. The van der Waals surface area contributed by atoms with E-state index in [9.17, 15) is 8.78 Å². The lowest BCUT2D eigenvalue weighted by molar-refractivity contribution is 0.0871. The molecule has 0 saturated heterocycles. The average Bonchev–Trinajstić information content (AvgIpc) is 2.74. The number of hydrogen-bond donors (Lipinski definition) is 1. The summed E-state index contributed by atoms with van der Waals surface area (Å²) in [5.41, 5.74) is 6.92. The fourth-order valence-electron chi connectivity index (χ4n) is 2.73. The summed E-state index contributed by atoms with van der Waals surface area (Å²) in [7, 11) is 0. The van der Waals surface area contributed by atoms with E-state index < -0.39 is 12.3 Å². The monoisotopic (exact) mass is 225 g/mol. The molecule has 1 aliphatic carbocycles. The van der Waals surface area contributed by atoms with E-state index in [-0.39, 0.29) is 5.92 Å². The fraction of sp³-hybridized carbons (Fsp3) is 0.538. The number of nitrogens with two attached hydrogens (primary N) is 1. The van der Waals surface area contributed by atoms with E-state index >= 15 is 0 Å². The normalized spacial score (nSPS) is 19.2. The molecule has 1 aromatic rings. The third-order valence-corrected chi connectivity index (χ3v) is 3.53. The molecule has 3 heteroatoms. The quantitative estimate of drug-likeness (QED) is 0.778. The molecule has 88 valence electrons. The van der Waals surface area contributed by atoms with Gasteiger partial charge in [-0.1, -0.05) is 31.0 Å². The van der Waals surface area contributed by atoms with Crippen molar-refractivity contribution in [1.82, 2.24) is 0 Å². The van der Waals surface area contributed by atoms with Crippen LogP contribution in [0.3, 0.4) is 0 Å². The summed E-state index contributed by atoms with van der Waals surface area (Å²) in [6.45, 7) is 0. The van der Waals surface area contributed by atoms with Crippen molar-refractivity contribution in [3.63, 3.8) is 0 Å². The minimum absolute atomic E-state index is 0.102. The van der Waals surface area contributed by atoms with Crippen LogP contribution in [0.2, 0.25) is 0 Å². The number of hydrogen-bond acceptors (Lipinski definition) is 1. The first-order valence-electron chi connectivity index (χ1n) is 5.82. The second-order valence-corrected chi connectivity index (χ2v) is 4.53. The van der Waals surface area contributed by atoms with Crippen LogP contribution >= 0.6 is 0 Å². The van der Waals surface area contributed by atoms with Crippen molar-refractivity contribution in [2.24, 2.45) is 5.92 Å². The van der Waals surface area contributed by atoms with Crippen LogP contribution in [0, 0.1) is 5.92 Å². The third kappa shape index (κ3) is 2.18. The predicted octanol–water partition coefficient (Wildman–Crippen LogP) is 3.81. The Kier molecular flexibility index (Phi) is 3.42. The van der Waals surface area contributed by atoms with Crippen molar-refractivity contribution in [2.75, 3.05) is 5.73 Å². The summed E-state index contributed by atoms with van der Waals surface area (Å²) in [4.78, 5) is 0. The molecular formula is C13H17F2N. The van der Waals surface area contributed by atoms with Crippen LogP contribution in [0.1, 0.15) is 37.2 Å². The molecule has 0 amide bonds. The number of halogens is 2. The van der Waals surface area contributed by atoms with Gasteiger partial charge in [-0.3, -0.25) is 0 Å². The lowest BCUT2D eigenvalue weighted by atomic mass is 9.84. The highest BCUT2D eigenvalue weighted by molar-refractivity contribution is 5.49. The van der Waals surface area contributed by atoms with Crippen molar-refractivity contribution in [3.8, 4) is 0 Å². The minimum Gasteiger partial charge on any atom is -0.398 e. The molecule has 2 N–H and O–H groups in total. The molecule has 1 saturated carbocycles. The maximum atomic E-state index is 13.2. The van der Waals surface area contributed by atoms with Gasteiger partial charge in [-0.15, -0.1) is 0 Å². The molecular weight excluding hydrogens is 208 g/mol. The number of rotatable bonds is 3. The van der Waals surface area contributed by atoms with Crippen LogP contribution in [0.4, 0.5) is 14.5 Å². The van der Waals surface area contributed by atoms with E-state index in [2.05, 4.69) is 0 Å². The van der Waals surface area contributed by atoms with Gasteiger partial charge in [-0.25, -0.2) is 8.78 Å². The van der Waals surface area contributed by atoms with Crippen LogP contribution in [-0.2, 0) is 0 Å². The summed E-state index contributed by atoms with van der Waals surface area (Å²) in [5.74, 6) is -0.576. The van der Waals surface area contributed by atoms with Gasteiger partial charge in [-0.2, -0.15) is 0 Å². The summed E-state index contributed by atoms with van der Waals surface area (Å²) in [6.07, 6.45) is 1.64. The lowest BCUT2D eigenvalue weighted by Crippen LogP contribution is -2.19. The highest BCUT2D eigenvalue weighted by atomic mass is 19.3. The van der Waals surface area contributed by atoms with Gasteiger partial charge in [0.2, 0.25) is 6.43 Å². The molecule has 0 spiro atoms. The molecule has 0 radical (unpaired) electrons. The van der Waals surface area contributed by atoms with Crippen LogP contribution < -0.4 is 5.73 Å². The molecule has 0 aliphatic heterocycles. The Hall–Kier alpha value is -1.12. The van der Waals surface area contributed by atoms with Gasteiger partial charge in [0.25, 0.3) is 0 Å². The Morgan fingerprint density at radius 2 is 1.75 bits per heavy atom. The fourth-order valence-corrected chi connectivity index (χ4v) is 2.73. The zero-order valence-corrected chi connectivity index (χ0v) is 9.20. The first kappa shape index (κ1) is 11.4. The van der Waals surface area contributed by atoms with Gasteiger partial charge in [-0.05, 0) is 30.4 Å². The maximum Gasteiger partial charge on any atom is 0.245 e. The molecule has 2 rings (SSSR count). The van der Waals surface area contributed by atoms with Crippen LogP contribution in [0.25, 0.3) is 0 Å². The molecule has 16 heavy (non-hydrogen) atoms. The van der Waals surface area contributed by atoms with Crippen molar-refractivity contribution >= 4 is 5.69 Å². The van der Waals surface area contributed by atoms with E-state index in [0.717, 1.165) is 25.7 Å². The van der Waals surface area contributed by atoms with Gasteiger partial charge in [0.05, 0.1) is 0 Å². The summed E-state index contributed by atoms with van der Waals surface area (Å²) >= 11 is 0. The summed E-state index contributed by atoms with van der Waals surface area (Å²) in [6, 6.07) is 7.02. The standard InChI is InChI=1S/C13H17F2N/c14-13(15)12(9-5-1-2-6-9)10-7-3-4-8-11(10)16/h3-4,7-9,12-13H,1-2,5-6,16H2. The molecule has 1 aliphatic rings. The van der Waals surface area contributed by atoms with Crippen LogP contribution in [0.15, 0.2) is 24.3 Å². The number of alkyl halides is 2. The third-order valence-electron chi connectivity index (χ3n) is 3.53. The predicted molar refractivity (Wildman–Crippen MR) is 61.6 cm³/mol. The van der Waals surface area contributed by atoms with Gasteiger partial charge >= 0.3 is 0 Å². The van der Waals surface area contributed by atoms with Gasteiger partial charge < -0.3 is 5.73 Å². The highest BCUT2D eigenvalue weighted by Crippen LogP contribution is 2.42. The molecule has 1 nitrogen and oxygen atoms in total. The van der Waals surface area contributed by atoms with Gasteiger partial charge in [0.1, 0.15) is 0 Å². The van der Waals surface area contributed by atoms with Crippen LogP contribution in [-0.4, -0.2) is 6.43 Å². The van der Waals surface area contributed by atoms with E-state index in [1.54, 1.807) is 24.3 Å². The van der Waals surface area contributed by atoms with E-state index in [1.165, 1.54) is 0 Å². The lowest BCUT2D eigenvalue weighted by Gasteiger charge is -2.24. The number of nitrogen functional groups attached to an aromatic ring is 1. The Bertz CT molecular complexity index is 346. The zero-order valence-electron chi connectivity index (χ0n) is 9.20. The number of anilines is 1. The van der Waals surface area contributed by atoms with Crippen molar-refractivity contribution < 1.29 is 8.78 Å². The number of benzene rings is 1. The molecule has 1 atom stereocenters. The molecule has 1 aromatic carbocycles. The van der Waals surface area contributed by atoms with Gasteiger partial charge in [0, 0.05) is 11.6 Å². The largest absolute Gasteiger partial charge is 0.398 e. The second-order valence-electron chi connectivity index (χ2n) is 4.53. The van der Waals surface area contributed by atoms with Crippen molar-refractivity contribution in [2.45, 2.75) is 38.0 Å². The van der Waals surface area contributed by atoms with Crippen LogP contribution in [0.5, 0.6) is 0 Å². The summed E-state index contributed by atoms with van der Waals surface area (Å²) < 4.78 is 26.3. The summed E-state index contributed by atoms with van der Waals surface area (Å²) in [5, 5.41) is 0. The molecule has 1 fully saturated rings. The Morgan fingerprint density at radius 3 is 2.31 bits per heavy atom. The van der Waals surface area contributed by atoms with Gasteiger partial charge in [0.15, 0.2) is 0 Å². The van der Waals surface area contributed by atoms with E-state index in [4.69, 9.17) is 5.73 Å². The van der Waals surface area contributed by atoms with E-state index in [1.807, 2.05) is 0 Å². The first-order chi connectivity index (χ1) is 7.70. The smallest absolute Gasteiger partial charge is 0.245 e. The van der Waals surface area contributed by atoms with E-state index in [0.29, 0.717) is 11.3 Å². The molecule has 0 aromatic heterocycles.